The van der Waals surface area contributed by atoms with Crippen molar-refractivity contribution < 1.29 is 9.50 Å². The number of aliphatic hydroxyl groups is 1. The molecule has 0 aliphatic heterocycles. The minimum atomic E-state index is -1.16. The van der Waals surface area contributed by atoms with Gasteiger partial charge in [-0.25, -0.2) is 9.07 Å². The van der Waals surface area contributed by atoms with E-state index in [1.54, 1.807) is 10.9 Å². The summed E-state index contributed by atoms with van der Waals surface area (Å²) in [4.78, 5) is 0. The van der Waals surface area contributed by atoms with Gasteiger partial charge in [-0.3, -0.25) is 0 Å². The molecule has 1 aliphatic carbocycles. The molecule has 1 aliphatic rings. The number of hydrogen-bond donors (Lipinski definition) is 2. The molecule has 1 atom stereocenters. The van der Waals surface area contributed by atoms with Gasteiger partial charge in [0.1, 0.15) is 17.6 Å². The predicted octanol–water partition coefficient (Wildman–Crippen LogP) is 1.81. The fourth-order valence-electron chi connectivity index (χ4n) is 2.32. The maximum absolute atomic E-state index is 13.8. The number of nitrogens with zero attached hydrogens (tertiary/aromatic N) is 3. The molecule has 1 aromatic carbocycles. The van der Waals surface area contributed by atoms with E-state index < -0.39 is 11.9 Å². The summed E-state index contributed by atoms with van der Waals surface area (Å²) in [6.07, 6.45) is 2.16. The lowest BCUT2D eigenvalue weighted by atomic mass is 9.88. The minimum Gasteiger partial charge on any atom is -0.382 e. The number of nitrogens with two attached hydrogens (primary N) is 1. The molecule has 106 valence electrons. The summed E-state index contributed by atoms with van der Waals surface area (Å²) in [6.45, 7) is 0. The second-order valence-corrected chi connectivity index (χ2v) is 5.51. The number of benzene rings is 1. The first-order valence-corrected chi connectivity index (χ1v) is 6.72. The van der Waals surface area contributed by atoms with Crippen LogP contribution in [0.15, 0.2) is 24.4 Å². The molecule has 0 saturated heterocycles. The number of aliphatic hydroxyl groups excluding tert-OH is 1. The molecule has 1 unspecified atom stereocenters. The lowest BCUT2D eigenvalue weighted by molar-refractivity contribution is 0.209. The lowest BCUT2D eigenvalue weighted by Crippen LogP contribution is -2.37. The van der Waals surface area contributed by atoms with E-state index >= 15 is 0 Å². The molecule has 5 nitrogen and oxygen atoms in total. The molecule has 1 saturated carbocycles. The highest BCUT2D eigenvalue weighted by atomic mass is 35.5. The van der Waals surface area contributed by atoms with Crippen LogP contribution < -0.4 is 5.73 Å². The molecular formula is C13H14ClFN4O. The number of hydrogen-bond acceptors (Lipinski definition) is 4. The molecule has 1 fully saturated rings. The highest BCUT2D eigenvalue weighted by Crippen LogP contribution is 2.31. The van der Waals surface area contributed by atoms with E-state index in [4.69, 9.17) is 17.3 Å². The van der Waals surface area contributed by atoms with Gasteiger partial charge >= 0.3 is 0 Å². The van der Waals surface area contributed by atoms with E-state index in [0.717, 1.165) is 18.9 Å². The molecule has 0 bridgehead atoms. The van der Waals surface area contributed by atoms with Crippen molar-refractivity contribution in [2.45, 2.75) is 31.0 Å². The topological polar surface area (TPSA) is 77.0 Å². The van der Waals surface area contributed by atoms with E-state index in [1.807, 2.05) is 0 Å². The summed E-state index contributed by atoms with van der Waals surface area (Å²) >= 11 is 5.69. The van der Waals surface area contributed by atoms with Gasteiger partial charge in [-0.1, -0.05) is 22.9 Å². The van der Waals surface area contributed by atoms with E-state index in [9.17, 15) is 9.50 Å². The Labute approximate surface area is 120 Å². The van der Waals surface area contributed by atoms with Crippen LogP contribution in [0.2, 0.25) is 5.02 Å². The average molecular weight is 297 g/mol. The maximum atomic E-state index is 13.8. The fourth-order valence-corrected chi connectivity index (χ4v) is 2.48. The monoisotopic (exact) mass is 296 g/mol. The summed E-state index contributed by atoms with van der Waals surface area (Å²) in [5.41, 5.74) is 6.17. The van der Waals surface area contributed by atoms with Gasteiger partial charge in [0, 0.05) is 16.6 Å². The Morgan fingerprint density at radius 1 is 1.45 bits per heavy atom. The predicted molar refractivity (Wildman–Crippen MR) is 71.7 cm³/mol. The zero-order valence-electron chi connectivity index (χ0n) is 10.6. The van der Waals surface area contributed by atoms with Crippen LogP contribution in [0.1, 0.15) is 36.2 Å². The maximum Gasteiger partial charge on any atom is 0.130 e. The van der Waals surface area contributed by atoms with Gasteiger partial charge in [-0.05, 0) is 25.0 Å². The van der Waals surface area contributed by atoms with E-state index in [-0.39, 0.29) is 22.7 Å². The molecule has 7 heteroatoms. The largest absolute Gasteiger partial charge is 0.382 e. The second-order valence-electron chi connectivity index (χ2n) is 5.08. The molecule has 0 spiro atoms. The third-order valence-electron chi connectivity index (χ3n) is 3.59. The van der Waals surface area contributed by atoms with Crippen LogP contribution in [0.25, 0.3) is 0 Å². The summed E-state index contributed by atoms with van der Waals surface area (Å²) in [5.74, 6) is -0.565. The molecule has 1 aromatic heterocycles. The van der Waals surface area contributed by atoms with Crippen molar-refractivity contribution in [1.82, 2.24) is 15.0 Å². The molecule has 0 amide bonds. The van der Waals surface area contributed by atoms with Crippen molar-refractivity contribution in [3.05, 3.63) is 46.5 Å². The van der Waals surface area contributed by atoms with Crippen LogP contribution in [-0.2, 0) is 0 Å². The van der Waals surface area contributed by atoms with Crippen molar-refractivity contribution in [3.63, 3.8) is 0 Å². The number of aromatic nitrogens is 3. The number of rotatable bonds is 3. The van der Waals surface area contributed by atoms with E-state index in [0.29, 0.717) is 5.69 Å². The first-order chi connectivity index (χ1) is 9.54. The Bertz CT molecular complexity index is 627. The highest BCUT2D eigenvalue weighted by molar-refractivity contribution is 6.30. The van der Waals surface area contributed by atoms with E-state index in [1.165, 1.54) is 12.1 Å². The van der Waals surface area contributed by atoms with Gasteiger partial charge in [0.25, 0.3) is 0 Å². The van der Waals surface area contributed by atoms with Gasteiger partial charge in [0.2, 0.25) is 0 Å². The molecule has 3 N–H and O–H groups in total. The van der Waals surface area contributed by atoms with Crippen LogP contribution in [0, 0.1) is 5.82 Å². The van der Waals surface area contributed by atoms with Crippen molar-refractivity contribution >= 4 is 11.6 Å². The van der Waals surface area contributed by atoms with Crippen LogP contribution >= 0.6 is 11.6 Å². The average Bonchev–Trinajstić information content (AvgIpc) is 2.83. The molecule has 20 heavy (non-hydrogen) atoms. The Morgan fingerprint density at radius 2 is 2.20 bits per heavy atom. The summed E-state index contributed by atoms with van der Waals surface area (Å²) < 4.78 is 15.4. The van der Waals surface area contributed by atoms with Crippen molar-refractivity contribution in [2.75, 3.05) is 0 Å². The third-order valence-corrected chi connectivity index (χ3v) is 3.82. The van der Waals surface area contributed by atoms with E-state index in [2.05, 4.69) is 10.3 Å². The van der Waals surface area contributed by atoms with Crippen LogP contribution in [-0.4, -0.2) is 26.1 Å². The van der Waals surface area contributed by atoms with Gasteiger partial charge in [0.05, 0.1) is 12.2 Å². The summed E-state index contributed by atoms with van der Waals surface area (Å²) in [5, 5.41) is 18.3. The Hall–Kier alpha value is -1.50. The minimum absolute atomic E-state index is 0.131. The van der Waals surface area contributed by atoms with Gasteiger partial charge in [-0.2, -0.15) is 0 Å². The Morgan fingerprint density at radius 3 is 2.85 bits per heavy atom. The zero-order chi connectivity index (χ0) is 14.3. The molecule has 0 radical (unpaired) electrons. The van der Waals surface area contributed by atoms with Crippen molar-refractivity contribution in [3.8, 4) is 0 Å². The van der Waals surface area contributed by atoms with Crippen LogP contribution in [0.5, 0.6) is 0 Å². The Balaban J connectivity index is 1.81. The highest BCUT2D eigenvalue weighted by Gasteiger charge is 2.29. The molecular weight excluding hydrogens is 283 g/mol. The quantitative estimate of drug-likeness (QED) is 0.905. The first-order valence-electron chi connectivity index (χ1n) is 6.35. The molecule has 2 aromatic rings. The SMILES string of the molecule is NC1CC(n2cc(C(O)c3ccc(Cl)cc3F)nn2)C1. The van der Waals surface area contributed by atoms with Crippen molar-refractivity contribution in [2.24, 2.45) is 5.73 Å². The van der Waals surface area contributed by atoms with Crippen molar-refractivity contribution in [1.29, 1.82) is 0 Å². The van der Waals surface area contributed by atoms with Gasteiger partial charge in [0.15, 0.2) is 0 Å². The molecule has 1 heterocycles. The van der Waals surface area contributed by atoms with Crippen LogP contribution in [0.4, 0.5) is 4.39 Å². The number of halogens is 2. The first kappa shape index (κ1) is 13.5. The zero-order valence-corrected chi connectivity index (χ0v) is 11.3. The standard InChI is InChI=1S/C13H14ClFN4O/c14-7-1-2-10(11(15)3-7)13(20)12-6-19(18-17-12)9-4-8(16)5-9/h1-3,6,8-9,13,20H,4-5,16H2. The second kappa shape index (κ2) is 5.12. The lowest BCUT2D eigenvalue weighted by Gasteiger charge is -2.31. The smallest absolute Gasteiger partial charge is 0.130 e. The van der Waals surface area contributed by atoms with Crippen LogP contribution in [0.3, 0.4) is 0 Å². The molecule has 3 rings (SSSR count). The third kappa shape index (κ3) is 2.42. The summed E-state index contributed by atoms with van der Waals surface area (Å²) in [6, 6.07) is 4.55. The summed E-state index contributed by atoms with van der Waals surface area (Å²) in [7, 11) is 0. The normalized spacial score (nSPS) is 23.4. The Kier molecular flexibility index (Phi) is 3.45. The van der Waals surface area contributed by atoms with Gasteiger partial charge < -0.3 is 10.8 Å². The fraction of sp³-hybridized carbons (Fsp3) is 0.385. The van der Waals surface area contributed by atoms with Gasteiger partial charge in [-0.15, -0.1) is 5.10 Å².